The molecule has 0 aliphatic heterocycles. The Balaban J connectivity index is 0.000000400. The fourth-order valence-electron chi connectivity index (χ4n) is 4.48. The number of nitrogens with one attached hydrogen (secondary N) is 2. The minimum absolute atomic E-state index is 0. The molecule has 0 saturated heterocycles. The average molecular weight is 879 g/mol. The molecule has 0 aliphatic carbocycles. The van der Waals surface area contributed by atoms with E-state index in [2.05, 4.69) is 31.1 Å². The van der Waals surface area contributed by atoms with Crippen LogP contribution in [0.2, 0.25) is 0 Å². The molecule has 0 saturated carbocycles. The molecule has 4 rings (SSSR count). The van der Waals surface area contributed by atoms with Gasteiger partial charge in [0, 0.05) is 23.5 Å². The minimum Gasteiger partial charge on any atom is -0.744 e. The van der Waals surface area contributed by atoms with Gasteiger partial charge < -0.3 is 19.7 Å². The number of nitro groups is 2. The quantitative estimate of drug-likeness (QED) is 0.0437. The zero-order valence-corrected chi connectivity index (χ0v) is 35.0. The number of azo groups is 2. The molecule has 2 N–H and O–H groups in total. The third kappa shape index (κ3) is 14.2. The number of carbonyl (C=O) groups is 4. The molecule has 2 amide bonds. The predicted octanol–water partition coefficient (Wildman–Crippen LogP) is 4.59. The van der Waals surface area contributed by atoms with Crippen molar-refractivity contribution in [2.75, 3.05) is 10.6 Å². The van der Waals surface area contributed by atoms with E-state index in [-0.39, 0.29) is 37.7 Å². The molecule has 2 atom stereocenters. The van der Waals surface area contributed by atoms with E-state index in [0.29, 0.717) is 23.5 Å². The summed E-state index contributed by atoms with van der Waals surface area (Å²) in [5.41, 5.74) is -0.0746. The molecule has 0 aliphatic rings. The summed E-state index contributed by atoms with van der Waals surface area (Å²) in [7, 11) is -9.83. The monoisotopic (exact) mass is 878 g/mol. The van der Waals surface area contributed by atoms with E-state index in [1.54, 1.807) is 62.4 Å². The van der Waals surface area contributed by atoms with Crippen molar-refractivity contribution in [3.63, 3.8) is 0 Å². The van der Waals surface area contributed by atoms with Crippen LogP contribution in [0.15, 0.2) is 115 Å². The molecule has 4 aromatic rings. The van der Waals surface area contributed by atoms with Gasteiger partial charge in [-0.1, -0.05) is 36.4 Å². The molecular weight excluding hydrogens is 849 g/mol. The number of hydrogen-bond acceptors (Lipinski definition) is 18. The van der Waals surface area contributed by atoms with Crippen molar-refractivity contribution in [1.82, 2.24) is 0 Å². The standard InChI is InChI=1S/2C17H16N4O7S.Ca/c2*1-10-5-3-4-6-13(10)18-17(23)16(11(2)22)20-19-14-8-7-12(29(26,27)28)9-15(14)21(24)25;/h2*3-9,16H,1-2H3,(H,18,23)(H,26,27,28);/q;;+2/p-2. The van der Waals surface area contributed by atoms with Gasteiger partial charge in [-0.3, -0.25) is 39.4 Å². The van der Waals surface area contributed by atoms with Crippen LogP contribution in [0.5, 0.6) is 0 Å². The Morgan fingerprint density at radius 2 is 0.915 bits per heavy atom. The van der Waals surface area contributed by atoms with Crippen LogP contribution in [0, 0.1) is 34.1 Å². The predicted molar refractivity (Wildman–Crippen MR) is 205 cm³/mol. The number of nitrogens with zero attached hydrogens (tertiary/aromatic N) is 6. The minimum atomic E-state index is -4.92. The average Bonchev–Trinajstić information content (AvgIpc) is 3.12. The number of hydrogen-bond donors (Lipinski definition) is 2. The zero-order valence-electron chi connectivity index (χ0n) is 31.2. The maximum Gasteiger partial charge on any atom is 2.00 e. The summed E-state index contributed by atoms with van der Waals surface area (Å²) in [5.74, 6) is -2.92. The van der Waals surface area contributed by atoms with Crippen LogP contribution >= 0.6 is 0 Å². The van der Waals surface area contributed by atoms with E-state index < -0.39 is 98.1 Å². The molecule has 2 unspecified atom stereocenters. The molecule has 304 valence electrons. The van der Waals surface area contributed by atoms with Crippen molar-refractivity contribution in [3.05, 3.63) is 116 Å². The third-order valence-corrected chi connectivity index (χ3v) is 9.16. The molecule has 0 heterocycles. The molecule has 0 aromatic heterocycles. The third-order valence-electron chi connectivity index (χ3n) is 7.50. The summed E-state index contributed by atoms with van der Waals surface area (Å²) in [5, 5.41) is 41.7. The van der Waals surface area contributed by atoms with Crippen LogP contribution in [0.3, 0.4) is 0 Å². The number of aryl methyl sites for hydroxylation is 2. The van der Waals surface area contributed by atoms with E-state index in [0.717, 1.165) is 49.2 Å². The SMILES string of the molecule is CC(=O)C(N=Nc1ccc(S(=O)(=O)[O-])cc1[N+](=O)[O-])C(=O)Nc1ccccc1C.CC(=O)C(N=Nc1ccc(S(=O)(=O)[O-])cc1[N+](=O)[O-])C(=O)Nc1ccccc1C.[Ca+2]. The smallest absolute Gasteiger partial charge is 0.744 e. The van der Waals surface area contributed by atoms with Crippen LogP contribution in [-0.4, -0.2) is 109 Å². The topological polar surface area (TPSA) is 342 Å². The first-order valence-electron chi connectivity index (χ1n) is 16.1. The van der Waals surface area contributed by atoms with Crippen molar-refractivity contribution in [2.24, 2.45) is 20.5 Å². The van der Waals surface area contributed by atoms with Gasteiger partial charge in [0.05, 0.1) is 19.6 Å². The Hall–Kier alpha value is -5.76. The summed E-state index contributed by atoms with van der Waals surface area (Å²) < 4.78 is 66.2. The van der Waals surface area contributed by atoms with E-state index in [4.69, 9.17) is 0 Å². The van der Waals surface area contributed by atoms with Gasteiger partial charge >= 0.3 is 37.7 Å². The normalized spacial score (nSPS) is 12.3. The zero-order chi connectivity index (χ0) is 43.5. The second kappa shape index (κ2) is 21.3. The number of benzene rings is 4. The summed E-state index contributed by atoms with van der Waals surface area (Å²) >= 11 is 0. The molecule has 59 heavy (non-hydrogen) atoms. The summed E-state index contributed by atoms with van der Waals surface area (Å²) in [6, 6.07) is 14.9. The van der Waals surface area contributed by atoms with E-state index >= 15 is 0 Å². The number of Topliss-reactive ketones (excluding diaryl/α,β-unsaturated/α-hetero) is 2. The van der Waals surface area contributed by atoms with Gasteiger partial charge in [0.15, 0.2) is 22.9 Å². The van der Waals surface area contributed by atoms with Crippen molar-refractivity contribution in [1.29, 1.82) is 0 Å². The number of rotatable bonds is 14. The van der Waals surface area contributed by atoms with Gasteiger partial charge in [-0.25, -0.2) is 16.8 Å². The second-order valence-electron chi connectivity index (χ2n) is 11.8. The van der Waals surface area contributed by atoms with Gasteiger partial charge in [-0.2, -0.15) is 10.2 Å². The molecule has 0 radical (unpaired) electrons. The Morgan fingerprint density at radius 3 is 1.19 bits per heavy atom. The second-order valence-corrected chi connectivity index (χ2v) is 14.5. The number of para-hydroxylation sites is 2. The Labute approximate surface area is 365 Å². The Bertz CT molecular complexity index is 2410. The number of anilines is 2. The molecule has 0 spiro atoms. The van der Waals surface area contributed by atoms with Crippen molar-refractivity contribution in [2.45, 2.75) is 49.6 Å². The Kier molecular flexibility index (Phi) is 17.8. The number of ketones is 2. The maximum atomic E-state index is 12.4. The van der Waals surface area contributed by atoms with Crippen molar-refractivity contribution < 1.29 is 55.0 Å². The van der Waals surface area contributed by atoms with Crippen LogP contribution < -0.4 is 10.6 Å². The molecule has 4 aromatic carbocycles. The molecule has 25 heteroatoms. The van der Waals surface area contributed by atoms with Crippen LogP contribution in [0.4, 0.5) is 34.1 Å². The van der Waals surface area contributed by atoms with E-state index in [9.17, 15) is 65.3 Å². The molecule has 22 nitrogen and oxygen atoms in total. The van der Waals surface area contributed by atoms with Crippen molar-refractivity contribution >= 4 is 115 Å². The Morgan fingerprint density at radius 1 is 0.593 bits per heavy atom. The van der Waals surface area contributed by atoms with Gasteiger partial charge in [-0.15, -0.1) is 10.2 Å². The first-order chi connectivity index (χ1) is 27.0. The fraction of sp³-hybridized carbons (Fsp3) is 0.176. The first kappa shape index (κ1) is 49.4. The van der Waals surface area contributed by atoms with Gasteiger partial charge in [-0.05, 0) is 75.2 Å². The number of carbonyl (C=O) groups excluding carboxylic acids is 4. The van der Waals surface area contributed by atoms with Crippen LogP contribution in [0.1, 0.15) is 25.0 Å². The fourth-order valence-corrected chi connectivity index (χ4v) is 5.47. The largest absolute Gasteiger partial charge is 2.00 e. The summed E-state index contributed by atoms with van der Waals surface area (Å²) in [6.45, 7) is 5.69. The van der Waals surface area contributed by atoms with Crippen LogP contribution in [0.25, 0.3) is 0 Å². The van der Waals surface area contributed by atoms with Gasteiger partial charge in [0.2, 0.25) is 12.1 Å². The van der Waals surface area contributed by atoms with Crippen molar-refractivity contribution in [3.8, 4) is 0 Å². The number of amides is 2. The molecule has 0 fully saturated rings. The van der Waals surface area contributed by atoms with Gasteiger partial charge in [0.1, 0.15) is 20.2 Å². The summed E-state index contributed by atoms with van der Waals surface area (Å²) in [6.07, 6.45) is 0. The molecule has 0 bridgehead atoms. The van der Waals surface area contributed by atoms with E-state index in [1.165, 1.54) is 0 Å². The van der Waals surface area contributed by atoms with Crippen LogP contribution in [-0.2, 0) is 39.4 Å². The maximum absolute atomic E-state index is 12.4. The van der Waals surface area contributed by atoms with Gasteiger partial charge in [0.25, 0.3) is 23.2 Å². The molecular formula is C34H30CaN8O14S2. The summed E-state index contributed by atoms with van der Waals surface area (Å²) in [4.78, 5) is 67.2. The first-order valence-corrected chi connectivity index (χ1v) is 18.9. The number of nitro benzene ring substituents is 2. The van der Waals surface area contributed by atoms with E-state index in [1.807, 2.05) is 0 Å².